The number of hydrogen-bond acceptors (Lipinski definition) is 2. The minimum absolute atomic E-state index is 0.226. The van der Waals surface area contributed by atoms with Crippen molar-refractivity contribution in [2.24, 2.45) is 0 Å². The van der Waals surface area contributed by atoms with Gasteiger partial charge in [0.25, 0.3) is 5.91 Å². The predicted molar refractivity (Wildman–Crippen MR) is 106 cm³/mol. The molecule has 0 bridgehead atoms. The molecule has 0 spiro atoms. The SMILES string of the molecule is CCc1cccc(C)c1NC(=O)c1c(C)nn(Cc2ccccc2)c1Cl. The van der Waals surface area contributed by atoms with Gasteiger partial charge in [-0.1, -0.05) is 67.1 Å². The number of para-hydroxylation sites is 1. The average molecular weight is 368 g/mol. The second-order valence-corrected chi connectivity index (χ2v) is 6.67. The molecular weight excluding hydrogens is 346 g/mol. The van der Waals surface area contributed by atoms with Crippen molar-refractivity contribution < 1.29 is 4.79 Å². The van der Waals surface area contributed by atoms with Crippen LogP contribution in [-0.2, 0) is 13.0 Å². The Balaban J connectivity index is 1.89. The Bertz CT molecular complexity index is 932. The highest BCUT2D eigenvalue weighted by Crippen LogP contribution is 2.25. The zero-order chi connectivity index (χ0) is 18.7. The quantitative estimate of drug-likeness (QED) is 0.688. The van der Waals surface area contributed by atoms with Gasteiger partial charge in [-0.25, -0.2) is 4.68 Å². The Morgan fingerprint density at radius 2 is 1.85 bits per heavy atom. The van der Waals surface area contributed by atoms with Gasteiger partial charge in [0.15, 0.2) is 0 Å². The molecule has 1 heterocycles. The number of benzene rings is 2. The van der Waals surface area contributed by atoms with Gasteiger partial charge in [-0.15, -0.1) is 0 Å². The lowest BCUT2D eigenvalue weighted by Crippen LogP contribution is -2.15. The van der Waals surface area contributed by atoms with Gasteiger partial charge in [-0.2, -0.15) is 5.10 Å². The van der Waals surface area contributed by atoms with Crippen molar-refractivity contribution in [1.29, 1.82) is 0 Å². The first-order chi connectivity index (χ1) is 12.5. The smallest absolute Gasteiger partial charge is 0.260 e. The molecule has 3 aromatic rings. The van der Waals surface area contributed by atoms with Gasteiger partial charge < -0.3 is 5.32 Å². The summed E-state index contributed by atoms with van der Waals surface area (Å²) < 4.78 is 1.67. The monoisotopic (exact) mass is 367 g/mol. The predicted octanol–water partition coefficient (Wildman–Crippen LogP) is 5.02. The van der Waals surface area contributed by atoms with Crippen LogP contribution in [0, 0.1) is 13.8 Å². The van der Waals surface area contributed by atoms with E-state index in [4.69, 9.17) is 11.6 Å². The molecule has 0 radical (unpaired) electrons. The third-order valence-electron chi connectivity index (χ3n) is 4.45. The maximum atomic E-state index is 12.9. The van der Waals surface area contributed by atoms with E-state index in [0.29, 0.717) is 23.0 Å². The first-order valence-corrected chi connectivity index (χ1v) is 9.05. The molecule has 0 aliphatic heterocycles. The Kier molecular flexibility index (Phi) is 5.43. The van der Waals surface area contributed by atoms with Gasteiger partial charge in [0.1, 0.15) is 5.15 Å². The summed E-state index contributed by atoms with van der Waals surface area (Å²) in [6, 6.07) is 15.9. The Morgan fingerprint density at radius 1 is 1.12 bits per heavy atom. The first-order valence-electron chi connectivity index (χ1n) is 8.68. The highest BCUT2D eigenvalue weighted by Gasteiger charge is 2.21. The zero-order valence-electron chi connectivity index (χ0n) is 15.2. The van der Waals surface area contributed by atoms with E-state index in [1.54, 1.807) is 11.6 Å². The molecule has 5 heteroatoms. The minimum Gasteiger partial charge on any atom is -0.321 e. The van der Waals surface area contributed by atoms with Crippen LogP contribution in [0.2, 0.25) is 5.15 Å². The van der Waals surface area contributed by atoms with Crippen molar-refractivity contribution in [2.75, 3.05) is 5.32 Å². The van der Waals surface area contributed by atoms with Crippen LogP contribution in [0.1, 0.15) is 39.7 Å². The minimum atomic E-state index is -0.226. The van der Waals surface area contributed by atoms with Crippen molar-refractivity contribution in [2.45, 2.75) is 33.7 Å². The van der Waals surface area contributed by atoms with Crippen LogP contribution in [0.3, 0.4) is 0 Å². The number of nitrogens with zero attached hydrogens (tertiary/aromatic N) is 2. The topological polar surface area (TPSA) is 46.9 Å². The van der Waals surface area contributed by atoms with Crippen molar-refractivity contribution in [3.05, 3.63) is 81.6 Å². The number of carbonyl (C=O) groups excluding carboxylic acids is 1. The molecule has 1 amide bonds. The van der Waals surface area contributed by atoms with Gasteiger partial charge >= 0.3 is 0 Å². The fraction of sp³-hybridized carbons (Fsp3) is 0.238. The highest BCUT2D eigenvalue weighted by molar-refractivity contribution is 6.33. The molecule has 26 heavy (non-hydrogen) atoms. The largest absolute Gasteiger partial charge is 0.321 e. The molecule has 2 aromatic carbocycles. The lowest BCUT2D eigenvalue weighted by molar-refractivity contribution is 0.102. The van der Waals surface area contributed by atoms with Crippen LogP contribution >= 0.6 is 11.6 Å². The van der Waals surface area contributed by atoms with Crippen molar-refractivity contribution >= 4 is 23.2 Å². The molecule has 0 saturated heterocycles. The van der Waals surface area contributed by atoms with Gasteiger partial charge in [0, 0.05) is 5.69 Å². The van der Waals surface area contributed by atoms with Crippen LogP contribution in [0.4, 0.5) is 5.69 Å². The summed E-state index contributed by atoms with van der Waals surface area (Å²) in [6.07, 6.45) is 0.845. The van der Waals surface area contributed by atoms with E-state index in [1.807, 2.05) is 55.5 Å². The van der Waals surface area contributed by atoms with Gasteiger partial charge in [-0.3, -0.25) is 4.79 Å². The summed E-state index contributed by atoms with van der Waals surface area (Å²) in [5.74, 6) is -0.226. The molecule has 0 saturated carbocycles. The summed E-state index contributed by atoms with van der Waals surface area (Å²) >= 11 is 6.49. The number of rotatable bonds is 5. The van der Waals surface area contributed by atoms with Crippen LogP contribution in [0.15, 0.2) is 48.5 Å². The molecule has 0 unspecified atom stereocenters. The molecule has 1 aromatic heterocycles. The number of anilines is 1. The zero-order valence-corrected chi connectivity index (χ0v) is 16.0. The van der Waals surface area contributed by atoms with Crippen LogP contribution in [-0.4, -0.2) is 15.7 Å². The molecule has 3 rings (SSSR count). The van der Waals surface area contributed by atoms with Crippen LogP contribution in [0.25, 0.3) is 0 Å². The number of carbonyl (C=O) groups is 1. The second-order valence-electron chi connectivity index (χ2n) is 6.31. The third kappa shape index (κ3) is 3.65. The van der Waals surface area contributed by atoms with E-state index in [1.165, 1.54) is 0 Å². The summed E-state index contributed by atoms with van der Waals surface area (Å²) in [4.78, 5) is 12.9. The molecule has 0 aliphatic carbocycles. The molecule has 0 fully saturated rings. The van der Waals surface area contributed by atoms with E-state index >= 15 is 0 Å². The number of nitrogens with one attached hydrogen (secondary N) is 1. The number of aryl methyl sites for hydroxylation is 3. The van der Waals surface area contributed by atoms with Gasteiger partial charge in [0.2, 0.25) is 0 Å². The molecule has 4 nitrogen and oxygen atoms in total. The molecular formula is C21H22ClN3O. The number of amides is 1. The fourth-order valence-corrected chi connectivity index (χ4v) is 3.37. The normalized spacial score (nSPS) is 10.8. The van der Waals surface area contributed by atoms with Gasteiger partial charge in [-0.05, 0) is 37.0 Å². The standard InChI is InChI=1S/C21H22ClN3O/c1-4-17-12-8-9-14(2)19(17)23-21(26)18-15(3)24-25(20(18)22)13-16-10-6-5-7-11-16/h5-12H,4,13H2,1-3H3,(H,23,26). The Morgan fingerprint density at radius 3 is 2.54 bits per heavy atom. The molecule has 0 atom stereocenters. The third-order valence-corrected chi connectivity index (χ3v) is 4.83. The lowest BCUT2D eigenvalue weighted by Gasteiger charge is -2.13. The Hall–Kier alpha value is -2.59. The summed E-state index contributed by atoms with van der Waals surface area (Å²) in [7, 11) is 0. The molecule has 0 aliphatic rings. The van der Waals surface area contributed by atoms with E-state index in [9.17, 15) is 4.79 Å². The number of halogens is 1. The maximum absolute atomic E-state index is 12.9. The fourth-order valence-electron chi connectivity index (χ4n) is 3.05. The lowest BCUT2D eigenvalue weighted by atomic mass is 10.1. The Labute approximate surface area is 158 Å². The highest BCUT2D eigenvalue weighted by atomic mass is 35.5. The van der Waals surface area contributed by atoms with E-state index in [-0.39, 0.29) is 5.91 Å². The van der Waals surface area contributed by atoms with Crippen molar-refractivity contribution in [1.82, 2.24) is 9.78 Å². The summed E-state index contributed by atoms with van der Waals surface area (Å²) in [5.41, 5.74) is 5.11. The van der Waals surface area contributed by atoms with E-state index in [0.717, 1.165) is 28.8 Å². The maximum Gasteiger partial charge on any atom is 0.260 e. The average Bonchev–Trinajstić information content (AvgIpc) is 2.91. The number of aromatic nitrogens is 2. The number of hydrogen-bond donors (Lipinski definition) is 1. The molecule has 1 N–H and O–H groups in total. The van der Waals surface area contributed by atoms with Crippen LogP contribution < -0.4 is 5.32 Å². The van der Waals surface area contributed by atoms with E-state index in [2.05, 4.69) is 17.3 Å². The molecule has 134 valence electrons. The summed E-state index contributed by atoms with van der Waals surface area (Å²) in [6.45, 7) is 6.39. The second kappa shape index (κ2) is 7.75. The first kappa shape index (κ1) is 18.2. The summed E-state index contributed by atoms with van der Waals surface area (Å²) in [5, 5.41) is 7.84. The van der Waals surface area contributed by atoms with E-state index < -0.39 is 0 Å². The van der Waals surface area contributed by atoms with Crippen LogP contribution in [0.5, 0.6) is 0 Å². The van der Waals surface area contributed by atoms with Gasteiger partial charge in [0.05, 0.1) is 17.8 Å². The van der Waals surface area contributed by atoms with Crippen molar-refractivity contribution in [3.63, 3.8) is 0 Å². The van der Waals surface area contributed by atoms with Crippen molar-refractivity contribution in [3.8, 4) is 0 Å².